The second kappa shape index (κ2) is 12.2. The minimum absolute atomic E-state index is 0.112. The van der Waals surface area contributed by atoms with Crippen LogP contribution in [-0.4, -0.2) is 45.2 Å². The van der Waals surface area contributed by atoms with Gasteiger partial charge in [-0.05, 0) is 62.0 Å². The molecule has 0 saturated heterocycles. The third kappa shape index (κ3) is 6.69. The molecule has 0 aliphatic carbocycles. The number of nitriles is 1. The predicted molar refractivity (Wildman–Crippen MR) is 133 cm³/mol. The van der Waals surface area contributed by atoms with E-state index in [1.807, 2.05) is 24.3 Å². The van der Waals surface area contributed by atoms with E-state index in [0.717, 1.165) is 43.5 Å². The number of likely N-dealkylation sites (N-methyl/N-ethyl adjacent to an activating group) is 1. The molecule has 0 N–H and O–H groups in total. The van der Waals surface area contributed by atoms with Gasteiger partial charge in [-0.3, -0.25) is 0 Å². The van der Waals surface area contributed by atoms with Gasteiger partial charge in [-0.25, -0.2) is 4.79 Å². The highest BCUT2D eigenvalue weighted by Crippen LogP contribution is 2.37. The van der Waals surface area contributed by atoms with Crippen LogP contribution in [0.25, 0.3) is 5.76 Å². The van der Waals surface area contributed by atoms with Gasteiger partial charge in [-0.1, -0.05) is 56.8 Å². The maximum Gasteiger partial charge on any atom is 0.337 e. The van der Waals surface area contributed by atoms with E-state index in [0.29, 0.717) is 11.3 Å². The van der Waals surface area contributed by atoms with Crippen LogP contribution in [0.5, 0.6) is 0 Å². The SMILES string of the molecule is C=C(OC)c1ccc(CCN(C)CCCC(C#N)(c2cccc(C(=O)OC)c2)C(C)C)cc1. The summed E-state index contributed by atoms with van der Waals surface area (Å²) in [5, 5.41) is 10.2. The molecule has 1 atom stereocenters. The largest absolute Gasteiger partial charge is 0.497 e. The molecule has 0 amide bonds. The average molecular weight is 449 g/mol. The zero-order valence-corrected chi connectivity index (χ0v) is 20.6. The Kier molecular flexibility index (Phi) is 9.69. The lowest BCUT2D eigenvalue weighted by molar-refractivity contribution is 0.0600. The highest BCUT2D eigenvalue weighted by Gasteiger charge is 2.36. The number of rotatable bonds is 12. The normalized spacial score (nSPS) is 12.8. The molecule has 0 heterocycles. The van der Waals surface area contributed by atoms with Crippen molar-refractivity contribution >= 4 is 11.7 Å². The van der Waals surface area contributed by atoms with Crippen LogP contribution in [0.4, 0.5) is 0 Å². The molecule has 0 aliphatic rings. The highest BCUT2D eigenvalue weighted by molar-refractivity contribution is 5.89. The van der Waals surface area contributed by atoms with Gasteiger partial charge in [0.15, 0.2) is 0 Å². The number of methoxy groups -OCH3 is 2. The Hall–Kier alpha value is -3.10. The number of ether oxygens (including phenoxy) is 2. The molecule has 176 valence electrons. The molecule has 2 rings (SSSR count). The first-order valence-corrected chi connectivity index (χ1v) is 11.4. The van der Waals surface area contributed by atoms with Crippen LogP contribution in [0.2, 0.25) is 0 Å². The molecule has 0 fully saturated rings. The lowest BCUT2D eigenvalue weighted by Crippen LogP contribution is -2.33. The van der Waals surface area contributed by atoms with Crippen LogP contribution in [0, 0.1) is 17.2 Å². The van der Waals surface area contributed by atoms with E-state index in [1.165, 1.54) is 12.7 Å². The number of carbonyl (C=O) groups is 1. The molecule has 5 nitrogen and oxygen atoms in total. The van der Waals surface area contributed by atoms with Crippen LogP contribution in [-0.2, 0) is 21.3 Å². The third-order valence-corrected chi connectivity index (χ3v) is 6.40. The lowest BCUT2D eigenvalue weighted by atomic mass is 9.69. The fourth-order valence-electron chi connectivity index (χ4n) is 4.09. The number of hydrogen-bond acceptors (Lipinski definition) is 5. The van der Waals surface area contributed by atoms with Gasteiger partial charge in [-0.15, -0.1) is 0 Å². The molecule has 0 spiro atoms. The maximum atomic E-state index is 12.0. The van der Waals surface area contributed by atoms with E-state index in [9.17, 15) is 10.1 Å². The van der Waals surface area contributed by atoms with Gasteiger partial charge in [0.2, 0.25) is 0 Å². The Morgan fingerprint density at radius 3 is 2.36 bits per heavy atom. The molecule has 0 aromatic heterocycles. The molecule has 0 radical (unpaired) electrons. The van der Waals surface area contributed by atoms with Gasteiger partial charge >= 0.3 is 5.97 Å². The lowest BCUT2D eigenvalue weighted by Gasteiger charge is -2.32. The summed E-state index contributed by atoms with van der Waals surface area (Å²) in [6.07, 6.45) is 2.56. The monoisotopic (exact) mass is 448 g/mol. The van der Waals surface area contributed by atoms with E-state index in [1.54, 1.807) is 19.2 Å². The van der Waals surface area contributed by atoms with E-state index < -0.39 is 5.41 Å². The van der Waals surface area contributed by atoms with E-state index in [4.69, 9.17) is 9.47 Å². The minimum Gasteiger partial charge on any atom is -0.497 e. The molecule has 0 aliphatic heterocycles. The van der Waals surface area contributed by atoms with Crippen molar-refractivity contribution in [2.45, 2.75) is 38.5 Å². The second-order valence-electron chi connectivity index (χ2n) is 8.79. The van der Waals surface area contributed by atoms with Crippen molar-refractivity contribution < 1.29 is 14.3 Å². The first-order valence-electron chi connectivity index (χ1n) is 11.4. The van der Waals surface area contributed by atoms with Gasteiger partial charge < -0.3 is 14.4 Å². The van der Waals surface area contributed by atoms with Crippen molar-refractivity contribution in [1.82, 2.24) is 4.90 Å². The molecule has 5 heteroatoms. The van der Waals surface area contributed by atoms with Crippen LogP contribution in [0.1, 0.15) is 53.7 Å². The van der Waals surface area contributed by atoms with Crippen LogP contribution in [0.3, 0.4) is 0 Å². The molecular weight excluding hydrogens is 412 g/mol. The van der Waals surface area contributed by atoms with E-state index >= 15 is 0 Å². The average Bonchev–Trinajstić information content (AvgIpc) is 2.84. The summed E-state index contributed by atoms with van der Waals surface area (Å²) in [6.45, 7) is 9.85. The van der Waals surface area contributed by atoms with Gasteiger partial charge in [0, 0.05) is 12.1 Å². The van der Waals surface area contributed by atoms with Crippen molar-refractivity contribution in [1.29, 1.82) is 5.26 Å². The number of nitrogens with zero attached hydrogens (tertiary/aromatic N) is 2. The van der Waals surface area contributed by atoms with Gasteiger partial charge in [-0.2, -0.15) is 5.26 Å². The summed E-state index contributed by atoms with van der Waals surface area (Å²) >= 11 is 0. The smallest absolute Gasteiger partial charge is 0.337 e. The third-order valence-electron chi connectivity index (χ3n) is 6.40. The molecular formula is C28H36N2O3. The van der Waals surface area contributed by atoms with Crippen molar-refractivity contribution in [2.75, 3.05) is 34.4 Å². The first kappa shape index (κ1) is 26.2. The Bertz CT molecular complexity index is 975. The first-order chi connectivity index (χ1) is 15.8. The fraction of sp³-hybridized carbons (Fsp3) is 0.429. The molecule has 33 heavy (non-hydrogen) atoms. The molecule has 2 aromatic carbocycles. The summed E-state index contributed by atoms with van der Waals surface area (Å²) in [4.78, 5) is 14.3. The predicted octanol–water partition coefficient (Wildman–Crippen LogP) is 5.46. The van der Waals surface area contributed by atoms with Crippen molar-refractivity contribution in [3.63, 3.8) is 0 Å². The van der Waals surface area contributed by atoms with Gasteiger partial charge in [0.1, 0.15) is 5.76 Å². The quantitative estimate of drug-likeness (QED) is 0.319. The van der Waals surface area contributed by atoms with Crippen molar-refractivity contribution in [3.05, 3.63) is 77.4 Å². The maximum absolute atomic E-state index is 12.0. The number of hydrogen-bond donors (Lipinski definition) is 0. The standard InChI is InChI=1S/C28H36N2O3/c1-21(2)28(20-29,26-10-7-9-25(19-26)27(31)33-6)16-8-17-30(4)18-15-23-11-13-24(14-12-23)22(3)32-5/h7,9-14,19,21H,3,8,15-18H2,1-2,4-6H3. The Labute approximate surface area is 198 Å². The van der Waals surface area contributed by atoms with E-state index in [2.05, 4.69) is 50.6 Å². The van der Waals surface area contributed by atoms with Crippen molar-refractivity contribution in [3.8, 4) is 6.07 Å². The summed E-state index contributed by atoms with van der Waals surface area (Å²) < 4.78 is 10.0. The highest BCUT2D eigenvalue weighted by atomic mass is 16.5. The Balaban J connectivity index is 1.98. The number of carbonyl (C=O) groups excluding carboxylic acids is 1. The minimum atomic E-state index is -0.648. The Morgan fingerprint density at radius 1 is 1.09 bits per heavy atom. The zero-order valence-electron chi connectivity index (χ0n) is 20.6. The molecule has 0 saturated carbocycles. The van der Waals surface area contributed by atoms with Crippen LogP contribution in [0.15, 0.2) is 55.1 Å². The van der Waals surface area contributed by atoms with Gasteiger partial charge in [0.05, 0.1) is 31.3 Å². The summed E-state index contributed by atoms with van der Waals surface area (Å²) in [5.41, 5.74) is 2.97. The Morgan fingerprint density at radius 2 is 1.79 bits per heavy atom. The van der Waals surface area contributed by atoms with Crippen LogP contribution >= 0.6 is 0 Å². The number of benzene rings is 2. The van der Waals surface area contributed by atoms with Crippen molar-refractivity contribution in [2.24, 2.45) is 5.92 Å². The number of esters is 1. The zero-order chi connectivity index (χ0) is 24.4. The van der Waals surface area contributed by atoms with E-state index in [-0.39, 0.29) is 11.9 Å². The molecule has 1 unspecified atom stereocenters. The second-order valence-corrected chi connectivity index (χ2v) is 8.79. The van der Waals surface area contributed by atoms with Gasteiger partial charge in [0.25, 0.3) is 0 Å². The van der Waals surface area contributed by atoms with Crippen LogP contribution < -0.4 is 0 Å². The fourth-order valence-corrected chi connectivity index (χ4v) is 4.09. The summed E-state index contributed by atoms with van der Waals surface area (Å²) in [6, 6.07) is 18.2. The summed E-state index contributed by atoms with van der Waals surface area (Å²) in [5.74, 6) is 0.398. The molecule has 0 bridgehead atoms. The molecule has 2 aromatic rings. The topological polar surface area (TPSA) is 62.6 Å². The summed E-state index contributed by atoms with van der Waals surface area (Å²) in [7, 11) is 5.11.